The van der Waals surface area contributed by atoms with Crippen molar-refractivity contribution < 1.29 is 9.53 Å². The SMILES string of the molecule is CCOC(=O)c1ccc(C2CN(C3CC3)C2)cc1CC. The Balaban J connectivity index is 1.72. The van der Waals surface area contributed by atoms with Crippen molar-refractivity contribution in [3.63, 3.8) is 0 Å². The molecule has 2 aliphatic rings. The van der Waals surface area contributed by atoms with E-state index in [0.29, 0.717) is 12.5 Å². The predicted molar refractivity (Wildman–Crippen MR) is 79.1 cm³/mol. The lowest BCUT2D eigenvalue weighted by atomic mass is 9.88. The Hall–Kier alpha value is -1.35. The van der Waals surface area contributed by atoms with E-state index in [4.69, 9.17) is 4.74 Å². The van der Waals surface area contributed by atoms with Crippen LogP contribution in [0.2, 0.25) is 0 Å². The minimum Gasteiger partial charge on any atom is -0.462 e. The first-order valence-electron chi connectivity index (χ1n) is 7.77. The summed E-state index contributed by atoms with van der Waals surface area (Å²) in [7, 11) is 0. The van der Waals surface area contributed by atoms with Gasteiger partial charge in [-0.25, -0.2) is 4.79 Å². The van der Waals surface area contributed by atoms with E-state index < -0.39 is 0 Å². The van der Waals surface area contributed by atoms with Crippen LogP contribution in [-0.4, -0.2) is 36.6 Å². The molecule has 0 amide bonds. The van der Waals surface area contributed by atoms with Gasteiger partial charge in [0.15, 0.2) is 0 Å². The summed E-state index contributed by atoms with van der Waals surface area (Å²) in [5, 5.41) is 0. The summed E-state index contributed by atoms with van der Waals surface area (Å²) in [6.45, 7) is 6.75. The zero-order valence-corrected chi connectivity index (χ0v) is 12.4. The van der Waals surface area contributed by atoms with E-state index in [2.05, 4.69) is 24.0 Å². The Kier molecular flexibility index (Phi) is 3.79. The van der Waals surface area contributed by atoms with Crippen LogP contribution in [0.25, 0.3) is 0 Å². The summed E-state index contributed by atoms with van der Waals surface area (Å²) >= 11 is 0. The fourth-order valence-corrected chi connectivity index (χ4v) is 3.03. The molecule has 108 valence electrons. The van der Waals surface area contributed by atoms with Gasteiger partial charge in [-0.1, -0.05) is 19.1 Å². The summed E-state index contributed by atoms with van der Waals surface area (Å²) in [5.74, 6) is 0.460. The highest BCUT2D eigenvalue weighted by molar-refractivity contribution is 5.91. The number of benzene rings is 1. The van der Waals surface area contributed by atoms with Crippen molar-refractivity contribution in [2.75, 3.05) is 19.7 Å². The van der Waals surface area contributed by atoms with Crippen LogP contribution >= 0.6 is 0 Å². The van der Waals surface area contributed by atoms with Crippen LogP contribution in [-0.2, 0) is 11.2 Å². The van der Waals surface area contributed by atoms with E-state index in [1.54, 1.807) is 0 Å². The molecule has 0 aromatic heterocycles. The number of aryl methyl sites for hydroxylation is 1. The number of rotatable bonds is 5. The maximum atomic E-state index is 11.9. The maximum Gasteiger partial charge on any atom is 0.338 e. The Morgan fingerprint density at radius 2 is 2.05 bits per heavy atom. The molecular weight excluding hydrogens is 250 g/mol. The number of likely N-dealkylation sites (tertiary alicyclic amines) is 1. The summed E-state index contributed by atoms with van der Waals surface area (Å²) in [6, 6.07) is 7.14. The van der Waals surface area contributed by atoms with Crippen molar-refractivity contribution in [1.82, 2.24) is 4.90 Å². The van der Waals surface area contributed by atoms with Crippen molar-refractivity contribution in [3.05, 3.63) is 34.9 Å². The third-order valence-corrected chi connectivity index (χ3v) is 4.45. The second kappa shape index (κ2) is 5.57. The molecule has 1 aromatic carbocycles. The molecule has 3 rings (SSSR count). The first-order valence-corrected chi connectivity index (χ1v) is 7.77. The Bertz CT molecular complexity index is 502. The quantitative estimate of drug-likeness (QED) is 0.772. The van der Waals surface area contributed by atoms with Gasteiger partial charge in [-0.3, -0.25) is 4.90 Å². The molecule has 3 nitrogen and oxygen atoms in total. The lowest BCUT2D eigenvalue weighted by Gasteiger charge is -2.40. The molecule has 0 N–H and O–H groups in total. The van der Waals surface area contributed by atoms with Crippen LogP contribution in [0.1, 0.15) is 54.1 Å². The Morgan fingerprint density at radius 3 is 2.65 bits per heavy atom. The van der Waals surface area contributed by atoms with Gasteiger partial charge in [0.2, 0.25) is 0 Å². The van der Waals surface area contributed by atoms with Gasteiger partial charge in [0.1, 0.15) is 0 Å². The first-order chi connectivity index (χ1) is 9.72. The second-order valence-electron chi connectivity index (χ2n) is 5.87. The van der Waals surface area contributed by atoms with Crippen LogP contribution in [0, 0.1) is 0 Å². The summed E-state index contributed by atoms with van der Waals surface area (Å²) < 4.78 is 5.12. The molecule has 0 bridgehead atoms. The van der Waals surface area contributed by atoms with Crippen LogP contribution in [0.15, 0.2) is 18.2 Å². The zero-order valence-electron chi connectivity index (χ0n) is 12.4. The molecule has 0 spiro atoms. The number of ether oxygens (including phenoxy) is 1. The summed E-state index contributed by atoms with van der Waals surface area (Å²) in [4.78, 5) is 14.5. The van der Waals surface area contributed by atoms with Crippen molar-refractivity contribution in [2.24, 2.45) is 0 Å². The molecule has 0 radical (unpaired) electrons. The topological polar surface area (TPSA) is 29.5 Å². The molecule has 1 saturated heterocycles. The highest BCUT2D eigenvalue weighted by Gasteiger charge is 2.38. The second-order valence-corrected chi connectivity index (χ2v) is 5.87. The smallest absolute Gasteiger partial charge is 0.338 e. The number of hydrogen-bond donors (Lipinski definition) is 0. The van der Waals surface area contributed by atoms with E-state index in [0.717, 1.165) is 23.6 Å². The van der Waals surface area contributed by atoms with Crippen molar-refractivity contribution >= 4 is 5.97 Å². The van der Waals surface area contributed by atoms with Crippen molar-refractivity contribution in [2.45, 2.75) is 45.1 Å². The average Bonchev–Trinajstić information content (AvgIpc) is 3.21. The van der Waals surface area contributed by atoms with E-state index in [1.807, 2.05) is 13.0 Å². The van der Waals surface area contributed by atoms with Crippen molar-refractivity contribution in [1.29, 1.82) is 0 Å². The van der Waals surface area contributed by atoms with E-state index >= 15 is 0 Å². The third kappa shape index (κ3) is 2.59. The molecule has 2 fully saturated rings. The maximum absolute atomic E-state index is 11.9. The summed E-state index contributed by atoms with van der Waals surface area (Å²) in [5.41, 5.74) is 3.23. The lowest BCUT2D eigenvalue weighted by Crippen LogP contribution is -2.46. The molecule has 3 heteroatoms. The van der Waals surface area contributed by atoms with Gasteiger partial charge >= 0.3 is 5.97 Å². The molecule has 1 aromatic rings. The molecule has 1 saturated carbocycles. The highest BCUT2D eigenvalue weighted by Crippen LogP contribution is 2.37. The largest absolute Gasteiger partial charge is 0.462 e. The molecule has 1 aliphatic carbocycles. The van der Waals surface area contributed by atoms with Gasteiger partial charge < -0.3 is 4.74 Å². The van der Waals surface area contributed by atoms with Gasteiger partial charge in [-0.15, -0.1) is 0 Å². The molecule has 0 atom stereocenters. The first kappa shape index (κ1) is 13.6. The van der Waals surface area contributed by atoms with Gasteiger partial charge in [0.05, 0.1) is 12.2 Å². The predicted octanol–water partition coefficient (Wildman–Crippen LogP) is 2.99. The third-order valence-electron chi connectivity index (χ3n) is 4.45. The van der Waals surface area contributed by atoms with Crippen LogP contribution in [0.3, 0.4) is 0 Å². The fourth-order valence-electron chi connectivity index (χ4n) is 3.03. The van der Waals surface area contributed by atoms with E-state index in [1.165, 1.54) is 31.5 Å². The van der Waals surface area contributed by atoms with Crippen LogP contribution in [0.4, 0.5) is 0 Å². The van der Waals surface area contributed by atoms with Gasteiger partial charge in [0.25, 0.3) is 0 Å². The Labute approximate surface area is 120 Å². The lowest BCUT2D eigenvalue weighted by molar-refractivity contribution is 0.0525. The standard InChI is InChI=1S/C17H23NO2/c1-3-12-9-13(5-8-16(12)17(19)20-4-2)14-10-18(11-14)15-6-7-15/h5,8-9,14-15H,3-4,6-7,10-11H2,1-2H3. The minimum atomic E-state index is -0.191. The Morgan fingerprint density at radius 1 is 1.30 bits per heavy atom. The fraction of sp³-hybridized carbons (Fsp3) is 0.588. The molecule has 20 heavy (non-hydrogen) atoms. The van der Waals surface area contributed by atoms with Gasteiger partial charge in [-0.05, 0) is 43.4 Å². The van der Waals surface area contributed by atoms with Gasteiger partial charge in [0, 0.05) is 25.0 Å². The normalized spacial score (nSPS) is 19.7. The molecular formula is C17H23NO2. The number of esters is 1. The molecule has 0 unspecified atom stereocenters. The van der Waals surface area contributed by atoms with E-state index in [9.17, 15) is 4.79 Å². The van der Waals surface area contributed by atoms with E-state index in [-0.39, 0.29) is 5.97 Å². The zero-order chi connectivity index (χ0) is 14.1. The summed E-state index contributed by atoms with van der Waals surface area (Å²) in [6.07, 6.45) is 3.64. The molecule has 1 heterocycles. The molecule has 1 aliphatic heterocycles. The average molecular weight is 273 g/mol. The van der Waals surface area contributed by atoms with Crippen LogP contribution < -0.4 is 0 Å². The van der Waals surface area contributed by atoms with Gasteiger partial charge in [-0.2, -0.15) is 0 Å². The number of hydrogen-bond acceptors (Lipinski definition) is 3. The van der Waals surface area contributed by atoms with Crippen molar-refractivity contribution in [3.8, 4) is 0 Å². The minimum absolute atomic E-state index is 0.191. The number of carbonyl (C=O) groups excluding carboxylic acids is 1. The van der Waals surface area contributed by atoms with Crippen LogP contribution in [0.5, 0.6) is 0 Å². The number of nitrogens with zero attached hydrogens (tertiary/aromatic N) is 1. The highest BCUT2D eigenvalue weighted by atomic mass is 16.5. The number of carbonyl (C=O) groups is 1. The monoisotopic (exact) mass is 273 g/mol.